The molecule has 1 aliphatic heterocycles. The molecule has 1 saturated heterocycles. The number of nitrogens with zero attached hydrogens (tertiary/aromatic N) is 2. The molecule has 1 aromatic heterocycles. The maximum Gasteiger partial charge on any atom is 0.186 e. The van der Waals surface area contributed by atoms with Crippen LogP contribution in [-0.4, -0.2) is 31.2 Å². The van der Waals surface area contributed by atoms with Gasteiger partial charge in [-0.1, -0.05) is 29.0 Å². The zero-order valence-electron chi connectivity index (χ0n) is 9.66. The van der Waals surface area contributed by atoms with Crippen LogP contribution >= 0.6 is 22.9 Å². The highest BCUT2D eigenvalue weighted by atomic mass is 35.5. The standard InChI is InChI=1S/C12H14ClN3S/c1-8-2-3-9(13)11-10(8)15-12(17-11)16-6-4-14-5-7-16/h2-3,14H,4-7H2,1H3. The number of hydrogen-bond acceptors (Lipinski definition) is 4. The Morgan fingerprint density at radius 1 is 1.35 bits per heavy atom. The van der Waals surface area contributed by atoms with Gasteiger partial charge in [0.05, 0.1) is 15.2 Å². The Hall–Kier alpha value is -0.840. The smallest absolute Gasteiger partial charge is 0.186 e. The van der Waals surface area contributed by atoms with Gasteiger partial charge in [-0.2, -0.15) is 0 Å². The Kier molecular flexibility index (Phi) is 2.94. The van der Waals surface area contributed by atoms with E-state index in [1.807, 2.05) is 12.1 Å². The van der Waals surface area contributed by atoms with Crippen LogP contribution in [-0.2, 0) is 0 Å². The molecule has 0 unspecified atom stereocenters. The van der Waals surface area contributed by atoms with Crippen LogP contribution in [0.3, 0.4) is 0 Å². The van der Waals surface area contributed by atoms with E-state index in [0.29, 0.717) is 0 Å². The van der Waals surface area contributed by atoms with Crippen LogP contribution in [0.15, 0.2) is 12.1 Å². The third-order valence-electron chi connectivity index (χ3n) is 3.07. The fraction of sp³-hybridized carbons (Fsp3) is 0.417. The normalized spacial score (nSPS) is 16.7. The van der Waals surface area contributed by atoms with Gasteiger partial charge < -0.3 is 10.2 Å². The number of aromatic nitrogens is 1. The van der Waals surface area contributed by atoms with Crippen molar-refractivity contribution in [3.05, 3.63) is 22.7 Å². The number of anilines is 1. The quantitative estimate of drug-likeness (QED) is 0.861. The summed E-state index contributed by atoms with van der Waals surface area (Å²) in [7, 11) is 0. The van der Waals surface area contributed by atoms with E-state index < -0.39 is 0 Å². The molecule has 1 N–H and O–H groups in total. The van der Waals surface area contributed by atoms with E-state index in [1.165, 1.54) is 5.56 Å². The summed E-state index contributed by atoms with van der Waals surface area (Å²) in [5.74, 6) is 0. The molecule has 5 heteroatoms. The van der Waals surface area contributed by atoms with Crippen LogP contribution in [0.25, 0.3) is 10.2 Å². The van der Waals surface area contributed by atoms with Crippen LogP contribution < -0.4 is 10.2 Å². The molecule has 90 valence electrons. The second-order valence-electron chi connectivity index (χ2n) is 4.28. The van der Waals surface area contributed by atoms with Crippen molar-refractivity contribution in [2.45, 2.75) is 6.92 Å². The maximum absolute atomic E-state index is 6.22. The molecule has 0 atom stereocenters. The second kappa shape index (κ2) is 4.44. The number of halogens is 1. The van der Waals surface area contributed by atoms with Gasteiger partial charge in [0.25, 0.3) is 0 Å². The van der Waals surface area contributed by atoms with Gasteiger partial charge in [-0.3, -0.25) is 0 Å². The van der Waals surface area contributed by atoms with Crippen LogP contribution in [0.5, 0.6) is 0 Å². The molecule has 1 aromatic carbocycles. The number of aryl methyl sites for hydroxylation is 1. The number of piperazine rings is 1. The minimum atomic E-state index is 0.810. The van der Waals surface area contributed by atoms with E-state index in [1.54, 1.807) is 11.3 Å². The van der Waals surface area contributed by atoms with Crippen molar-refractivity contribution < 1.29 is 0 Å². The van der Waals surface area contributed by atoms with E-state index in [4.69, 9.17) is 16.6 Å². The largest absolute Gasteiger partial charge is 0.346 e. The third kappa shape index (κ3) is 2.01. The Morgan fingerprint density at radius 2 is 2.12 bits per heavy atom. The minimum absolute atomic E-state index is 0.810. The maximum atomic E-state index is 6.22. The van der Waals surface area contributed by atoms with Gasteiger partial charge >= 0.3 is 0 Å². The first-order valence-corrected chi connectivity index (χ1v) is 6.96. The van der Waals surface area contributed by atoms with E-state index in [0.717, 1.165) is 46.5 Å². The van der Waals surface area contributed by atoms with Crippen LogP contribution in [0.1, 0.15) is 5.56 Å². The topological polar surface area (TPSA) is 28.2 Å². The molecule has 3 nitrogen and oxygen atoms in total. The molecule has 1 aliphatic rings. The lowest BCUT2D eigenvalue weighted by molar-refractivity contribution is 0.588. The van der Waals surface area contributed by atoms with E-state index >= 15 is 0 Å². The molecule has 17 heavy (non-hydrogen) atoms. The van der Waals surface area contributed by atoms with Crippen LogP contribution in [0, 0.1) is 6.92 Å². The Balaban J connectivity index is 2.06. The lowest BCUT2D eigenvalue weighted by Gasteiger charge is -2.26. The Bertz CT molecular complexity index is 507. The number of thiazole rings is 1. The summed E-state index contributed by atoms with van der Waals surface area (Å²) in [5, 5.41) is 5.25. The first kappa shape index (κ1) is 11.3. The van der Waals surface area contributed by atoms with Crippen molar-refractivity contribution in [3.8, 4) is 0 Å². The summed E-state index contributed by atoms with van der Waals surface area (Å²) in [6.07, 6.45) is 0. The molecule has 0 bridgehead atoms. The second-order valence-corrected chi connectivity index (χ2v) is 5.66. The highest BCUT2D eigenvalue weighted by Crippen LogP contribution is 2.35. The molecule has 0 spiro atoms. The Labute approximate surface area is 109 Å². The molecule has 1 fully saturated rings. The van der Waals surface area contributed by atoms with Gasteiger partial charge in [-0.15, -0.1) is 0 Å². The number of fused-ring (bicyclic) bond motifs is 1. The van der Waals surface area contributed by atoms with Crippen molar-refractivity contribution in [1.29, 1.82) is 0 Å². The van der Waals surface area contributed by atoms with Gasteiger partial charge in [0.1, 0.15) is 0 Å². The molecular weight excluding hydrogens is 254 g/mol. The molecule has 3 rings (SSSR count). The summed E-state index contributed by atoms with van der Waals surface area (Å²) >= 11 is 7.92. The molecule has 0 aliphatic carbocycles. The first-order valence-electron chi connectivity index (χ1n) is 5.77. The minimum Gasteiger partial charge on any atom is -0.346 e. The highest BCUT2D eigenvalue weighted by Gasteiger charge is 2.16. The van der Waals surface area contributed by atoms with Crippen LogP contribution in [0.2, 0.25) is 5.02 Å². The molecule has 0 saturated carbocycles. The highest BCUT2D eigenvalue weighted by molar-refractivity contribution is 7.22. The van der Waals surface area contributed by atoms with Crippen molar-refractivity contribution in [3.63, 3.8) is 0 Å². The van der Waals surface area contributed by atoms with E-state index in [-0.39, 0.29) is 0 Å². The average molecular weight is 268 g/mol. The van der Waals surface area contributed by atoms with E-state index in [2.05, 4.69) is 17.1 Å². The average Bonchev–Trinajstić information content (AvgIpc) is 2.81. The summed E-state index contributed by atoms with van der Waals surface area (Å²) in [4.78, 5) is 7.06. The van der Waals surface area contributed by atoms with Crippen molar-refractivity contribution >= 4 is 38.3 Å². The van der Waals surface area contributed by atoms with E-state index in [9.17, 15) is 0 Å². The zero-order valence-corrected chi connectivity index (χ0v) is 11.2. The zero-order chi connectivity index (χ0) is 11.8. The SMILES string of the molecule is Cc1ccc(Cl)c2sc(N3CCNCC3)nc12. The van der Waals surface area contributed by atoms with Gasteiger partial charge in [0, 0.05) is 26.2 Å². The van der Waals surface area contributed by atoms with Gasteiger partial charge in [0.2, 0.25) is 0 Å². The summed E-state index contributed by atoms with van der Waals surface area (Å²) < 4.78 is 1.11. The lowest BCUT2D eigenvalue weighted by Crippen LogP contribution is -2.43. The summed E-state index contributed by atoms with van der Waals surface area (Å²) in [5.41, 5.74) is 2.25. The van der Waals surface area contributed by atoms with Gasteiger partial charge in [0.15, 0.2) is 5.13 Å². The van der Waals surface area contributed by atoms with Crippen molar-refractivity contribution in [2.75, 3.05) is 31.1 Å². The number of rotatable bonds is 1. The molecular formula is C12H14ClN3S. The molecule has 0 amide bonds. The number of benzene rings is 1. The number of hydrogen-bond donors (Lipinski definition) is 1. The fourth-order valence-electron chi connectivity index (χ4n) is 2.08. The van der Waals surface area contributed by atoms with Crippen molar-refractivity contribution in [2.24, 2.45) is 0 Å². The fourth-order valence-corrected chi connectivity index (χ4v) is 3.45. The van der Waals surface area contributed by atoms with Crippen LogP contribution in [0.4, 0.5) is 5.13 Å². The first-order chi connectivity index (χ1) is 8.25. The van der Waals surface area contributed by atoms with Crippen molar-refractivity contribution in [1.82, 2.24) is 10.3 Å². The summed E-state index contributed by atoms with van der Waals surface area (Å²) in [6.45, 7) is 6.19. The van der Waals surface area contributed by atoms with Gasteiger partial charge in [-0.25, -0.2) is 4.98 Å². The predicted molar refractivity (Wildman–Crippen MR) is 74.4 cm³/mol. The predicted octanol–water partition coefficient (Wildman–Crippen LogP) is 2.67. The summed E-state index contributed by atoms with van der Waals surface area (Å²) in [6, 6.07) is 3.99. The lowest BCUT2D eigenvalue weighted by atomic mass is 10.2. The monoisotopic (exact) mass is 267 g/mol. The third-order valence-corrected chi connectivity index (χ3v) is 4.65. The molecule has 2 aromatic rings. The molecule has 0 radical (unpaired) electrons. The number of nitrogens with one attached hydrogen (secondary N) is 1. The molecule has 2 heterocycles. The Morgan fingerprint density at radius 3 is 2.82 bits per heavy atom. The van der Waals surface area contributed by atoms with Gasteiger partial charge in [-0.05, 0) is 18.6 Å².